The minimum Gasteiger partial charge on any atom is -0.399 e. The number of rotatable bonds is 1. The lowest BCUT2D eigenvalue weighted by Crippen LogP contribution is -1.92. The number of allylic oxidation sites excluding steroid dienone is 4. The van der Waals surface area contributed by atoms with Crippen molar-refractivity contribution >= 4 is 11.3 Å². The molecule has 1 aliphatic carbocycles. The minimum atomic E-state index is 0.830. The van der Waals surface area contributed by atoms with Crippen molar-refractivity contribution < 1.29 is 0 Å². The minimum absolute atomic E-state index is 0.830. The molecule has 0 saturated carbocycles. The van der Waals surface area contributed by atoms with Gasteiger partial charge < -0.3 is 5.73 Å². The second-order valence-electron chi connectivity index (χ2n) is 3.83. The van der Waals surface area contributed by atoms with Crippen molar-refractivity contribution in [1.82, 2.24) is 0 Å². The van der Waals surface area contributed by atoms with Crippen LogP contribution in [0.15, 0.2) is 42.0 Å². The molecule has 2 N–H and O–H groups in total. The molecule has 1 heteroatoms. The van der Waals surface area contributed by atoms with Gasteiger partial charge in [0, 0.05) is 5.69 Å². The Morgan fingerprint density at radius 1 is 1.00 bits per heavy atom. The largest absolute Gasteiger partial charge is 0.399 e. The average molecular weight is 185 g/mol. The van der Waals surface area contributed by atoms with Crippen LogP contribution in [0, 0.1) is 0 Å². The van der Waals surface area contributed by atoms with Crippen LogP contribution in [0.3, 0.4) is 0 Å². The first-order valence-corrected chi connectivity index (χ1v) is 4.98. The molecule has 0 saturated heterocycles. The molecule has 0 fully saturated rings. The number of hydrogen-bond acceptors (Lipinski definition) is 1. The van der Waals surface area contributed by atoms with Gasteiger partial charge >= 0.3 is 0 Å². The van der Waals surface area contributed by atoms with Crippen LogP contribution in [-0.4, -0.2) is 0 Å². The van der Waals surface area contributed by atoms with E-state index in [1.807, 2.05) is 12.1 Å². The van der Waals surface area contributed by atoms with Crippen LogP contribution < -0.4 is 5.73 Å². The highest BCUT2D eigenvalue weighted by molar-refractivity contribution is 5.69. The molecule has 14 heavy (non-hydrogen) atoms. The fourth-order valence-corrected chi connectivity index (χ4v) is 1.68. The Morgan fingerprint density at radius 2 is 1.71 bits per heavy atom. The highest BCUT2D eigenvalue weighted by Gasteiger charge is 2.04. The first-order chi connectivity index (χ1) is 6.75. The van der Waals surface area contributed by atoms with E-state index >= 15 is 0 Å². The van der Waals surface area contributed by atoms with Crippen LogP contribution in [0.25, 0.3) is 5.57 Å². The van der Waals surface area contributed by atoms with Crippen molar-refractivity contribution in [3.8, 4) is 0 Å². The van der Waals surface area contributed by atoms with Gasteiger partial charge in [0.05, 0.1) is 0 Å². The van der Waals surface area contributed by atoms with E-state index in [4.69, 9.17) is 5.73 Å². The summed E-state index contributed by atoms with van der Waals surface area (Å²) >= 11 is 0. The van der Waals surface area contributed by atoms with Crippen molar-refractivity contribution in [3.05, 3.63) is 47.6 Å². The molecule has 2 rings (SSSR count). The lowest BCUT2D eigenvalue weighted by Gasteiger charge is -2.12. The van der Waals surface area contributed by atoms with Crippen molar-refractivity contribution in [1.29, 1.82) is 0 Å². The van der Waals surface area contributed by atoms with E-state index in [9.17, 15) is 0 Å². The van der Waals surface area contributed by atoms with Gasteiger partial charge in [-0.3, -0.25) is 0 Å². The maximum atomic E-state index is 5.65. The molecule has 1 aromatic rings. The van der Waals surface area contributed by atoms with Gasteiger partial charge in [0.15, 0.2) is 0 Å². The van der Waals surface area contributed by atoms with Gasteiger partial charge in [-0.05, 0) is 43.0 Å². The molecule has 0 amide bonds. The molecular formula is C13H15N. The van der Waals surface area contributed by atoms with E-state index in [0.29, 0.717) is 0 Å². The molecule has 0 bridgehead atoms. The number of benzene rings is 1. The highest BCUT2D eigenvalue weighted by atomic mass is 14.5. The third-order valence-electron chi connectivity index (χ3n) is 2.64. The lowest BCUT2D eigenvalue weighted by atomic mass is 9.94. The van der Waals surface area contributed by atoms with Crippen molar-refractivity contribution in [2.24, 2.45) is 0 Å². The summed E-state index contributed by atoms with van der Waals surface area (Å²) in [6.07, 6.45) is 6.74. The van der Waals surface area contributed by atoms with Gasteiger partial charge in [0.25, 0.3) is 0 Å². The maximum Gasteiger partial charge on any atom is 0.0314 e. The third-order valence-corrected chi connectivity index (χ3v) is 2.64. The van der Waals surface area contributed by atoms with Crippen LogP contribution in [-0.2, 0) is 0 Å². The first-order valence-electron chi connectivity index (χ1n) is 4.98. The van der Waals surface area contributed by atoms with Crippen LogP contribution >= 0.6 is 0 Å². The SMILES string of the molecule is CC1=CC=C(c2ccc(N)cc2)CC1. The van der Waals surface area contributed by atoms with E-state index in [-0.39, 0.29) is 0 Å². The molecule has 0 atom stereocenters. The van der Waals surface area contributed by atoms with E-state index in [2.05, 4.69) is 31.2 Å². The molecule has 0 unspecified atom stereocenters. The molecule has 0 aromatic heterocycles. The smallest absolute Gasteiger partial charge is 0.0314 e. The molecular weight excluding hydrogens is 170 g/mol. The van der Waals surface area contributed by atoms with E-state index in [0.717, 1.165) is 12.1 Å². The maximum absolute atomic E-state index is 5.65. The Hall–Kier alpha value is -1.50. The topological polar surface area (TPSA) is 26.0 Å². The summed E-state index contributed by atoms with van der Waals surface area (Å²) in [6.45, 7) is 2.18. The summed E-state index contributed by atoms with van der Waals surface area (Å²) < 4.78 is 0. The fraction of sp³-hybridized carbons (Fsp3) is 0.231. The molecule has 72 valence electrons. The van der Waals surface area contributed by atoms with Gasteiger partial charge in [0.2, 0.25) is 0 Å². The Labute approximate surface area is 84.9 Å². The standard InChI is InChI=1S/C13H15N/c1-10-2-4-11(5-3-10)12-6-8-13(14)9-7-12/h2,4,6-9H,3,5,14H2,1H3. The molecule has 0 radical (unpaired) electrons. The zero-order valence-corrected chi connectivity index (χ0v) is 8.46. The summed E-state index contributed by atoms with van der Waals surface area (Å²) in [7, 11) is 0. The predicted octanol–water partition coefficient (Wildman–Crippen LogP) is 3.39. The third kappa shape index (κ3) is 1.87. The summed E-state index contributed by atoms with van der Waals surface area (Å²) in [6, 6.07) is 8.11. The monoisotopic (exact) mass is 185 g/mol. The Balaban J connectivity index is 2.28. The van der Waals surface area contributed by atoms with Crippen molar-refractivity contribution in [2.45, 2.75) is 19.8 Å². The van der Waals surface area contributed by atoms with Crippen LogP contribution in [0.1, 0.15) is 25.3 Å². The first kappa shape index (κ1) is 9.07. The zero-order valence-electron chi connectivity index (χ0n) is 8.46. The molecule has 0 aliphatic heterocycles. The van der Waals surface area contributed by atoms with Crippen molar-refractivity contribution in [3.63, 3.8) is 0 Å². The normalized spacial score (nSPS) is 16.1. The van der Waals surface area contributed by atoms with Gasteiger partial charge in [0.1, 0.15) is 0 Å². The summed E-state index contributed by atoms with van der Waals surface area (Å²) in [5.41, 5.74) is 10.6. The van der Waals surface area contributed by atoms with Gasteiger partial charge in [-0.25, -0.2) is 0 Å². The molecule has 1 aromatic carbocycles. The summed E-state index contributed by atoms with van der Waals surface area (Å²) in [5, 5.41) is 0. The van der Waals surface area contributed by atoms with Gasteiger partial charge in [-0.2, -0.15) is 0 Å². The van der Waals surface area contributed by atoms with E-state index in [1.54, 1.807) is 0 Å². The molecule has 1 nitrogen and oxygen atoms in total. The number of nitrogen functional groups attached to an aromatic ring is 1. The average Bonchev–Trinajstić information content (AvgIpc) is 2.21. The van der Waals surface area contributed by atoms with Gasteiger partial charge in [-0.15, -0.1) is 0 Å². The van der Waals surface area contributed by atoms with Crippen LogP contribution in [0.4, 0.5) is 5.69 Å². The molecule has 1 aliphatic rings. The van der Waals surface area contributed by atoms with Crippen molar-refractivity contribution in [2.75, 3.05) is 5.73 Å². The van der Waals surface area contributed by atoms with Gasteiger partial charge in [-0.1, -0.05) is 29.9 Å². The highest BCUT2D eigenvalue weighted by Crippen LogP contribution is 2.26. The fourth-order valence-electron chi connectivity index (χ4n) is 1.68. The number of hydrogen-bond donors (Lipinski definition) is 1. The Kier molecular flexibility index (Phi) is 2.40. The van der Waals surface area contributed by atoms with E-state index in [1.165, 1.54) is 23.1 Å². The number of anilines is 1. The second-order valence-corrected chi connectivity index (χ2v) is 3.83. The zero-order chi connectivity index (χ0) is 9.97. The summed E-state index contributed by atoms with van der Waals surface area (Å²) in [5.74, 6) is 0. The Morgan fingerprint density at radius 3 is 2.29 bits per heavy atom. The number of nitrogens with two attached hydrogens (primary N) is 1. The second kappa shape index (κ2) is 3.70. The quantitative estimate of drug-likeness (QED) is 0.667. The predicted molar refractivity (Wildman–Crippen MR) is 61.8 cm³/mol. The molecule has 0 heterocycles. The van der Waals surface area contributed by atoms with E-state index < -0.39 is 0 Å². The van der Waals surface area contributed by atoms with Crippen LogP contribution in [0.2, 0.25) is 0 Å². The summed E-state index contributed by atoms with van der Waals surface area (Å²) in [4.78, 5) is 0. The van der Waals surface area contributed by atoms with Crippen LogP contribution in [0.5, 0.6) is 0 Å². The lowest BCUT2D eigenvalue weighted by molar-refractivity contribution is 0.977. The Bertz CT molecular complexity index is 382. The molecule has 0 spiro atoms.